The molecule has 5 heteroatoms. The Morgan fingerprint density at radius 2 is 1.77 bits per heavy atom. The minimum absolute atomic E-state index is 0.0842. The van der Waals surface area contributed by atoms with E-state index in [2.05, 4.69) is 5.32 Å². The van der Waals surface area contributed by atoms with Gasteiger partial charge in [0.1, 0.15) is 9.88 Å². The fourth-order valence-electron chi connectivity index (χ4n) is 3.06. The normalized spacial score (nSPS) is 16.5. The Morgan fingerprint density at radius 3 is 2.42 bits per heavy atom. The van der Waals surface area contributed by atoms with Crippen LogP contribution in [0.1, 0.15) is 22.5 Å². The molecule has 4 nitrogen and oxygen atoms in total. The van der Waals surface area contributed by atoms with Gasteiger partial charge in [-0.05, 0) is 12.8 Å². The molecule has 2 heterocycles. The summed E-state index contributed by atoms with van der Waals surface area (Å²) in [7, 11) is 0. The van der Waals surface area contributed by atoms with Gasteiger partial charge in [0.05, 0.1) is 11.8 Å². The molecular weight excluding hydrogens is 344 g/mol. The van der Waals surface area contributed by atoms with Crippen LogP contribution in [0.4, 0.5) is 0 Å². The van der Waals surface area contributed by atoms with Gasteiger partial charge < -0.3 is 10.1 Å². The average Bonchev–Trinajstić information content (AvgIpc) is 3.37. The standard InChI is InChI=1S/C21H20N2O2S/c24-20(22-14-17-12-7-13-25-17)19-18(15-8-3-1-4-9-15)23-21(26-19)16-10-5-2-6-11-16/h1-6,8-11,17H,7,12-14H2,(H,22,24)/t17-/m1/s1. The molecule has 132 valence electrons. The number of benzene rings is 2. The lowest BCUT2D eigenvalue weighted by Crippen LogP contribution is -2.31. The van der Waals surface area contributed by atoms with E-state index in [9.17, 15) is 4.79 Å². The molecule has 1 aliphatic rings. The number of ether oxygens (including phenoxy) is 1. The van der Waals surface area contributed by atoms with Gasteiger partial charge >= 0.3 is 0 Å². The van der Waals surface area contributed by atoms with Crippen molar-refractivity contribution in [3.8, 4) is 21.8 Å². The third kappa shape index (κ3) is 3.69. The molecule has 2 aromatic carbocycles. The van der Waals surface area contributed by atoms with Gasteiger partial charge in [0.2, 0.25) is 0 Å². The number of carbonyl (C=O) groups is 1. The number of nitrogens with one attached hydrogen (secondary N) is 1. The summed E-state index contributed by atoms with van der Waals surface area (Å²) in [5.74, 6) is -0.0842. The number of carbonyl (C=O) groups excluding carboxylic acids is 1. The summed E-state index contributed by atoms with van der Waals surface area (Å²) in [5, 5.41) is 3.88. The Morgan fingerprint density at radius 1 is 1.08 bits per heavy atom. The molecule has 0 radical (unpaired) electrons. The van der Waals surface area contributed by atoms with Crippen molar-refractivity contribution in [1.29, 1.82) is 0 Å². The SMILES string of the molecule is O=C(NC[C@H]1CCCO1)c1sc(-c2ccccc2)nc1-c1ccccc1. The molecule has 0 aliphatic carbocycles. The summed E-state index contributed by atoms with van der Waals surface area (Å²) < 4.78 is 5.60. The highest BCUT2D eigenvalue weighted by atomic mass is 32.1. The second-order valence-corrected chi connectivity index (χ2v) is 7.27. The molecule has 4 rings (SSSR count). The first-order chi connectivity index (χ1) is 12.8. The van der Waals surface area contributed by atoms with Gasteiger partial charge in [-0.15, -0.1) is 11.3 Å². The van der Waals surface area contributed by atoms with E-state index in [0.717, 1.165) is 41.3 Å². The highest BCUT2D eigenvalue weighted by Crippen LogP contribution is 2.33. The van der Waals surface area contributed by atoms with Gasteiger partial charge in [-0.1, -0.05) is 60.7 Å². The van der Waals surface area contributed by atoms with Crippen molar-refractivity contribution in [1.82, 2.24) is 10.3 Å². The molecule has 1 N–H and O–H groups in total. The van der Waals surface area contributed by atoms with Crippen LogP contribution in [0.25, 0.3) is 21.8 Å². The van der Waals surface area contributed by atoms with Gasteiger partial charge in [-0.3, -0.25) is 4.79 Å². The van der Waals surface area contributed by atoms with E-state index in [-0.39, 0.29) is 12.0 Å². The molecule has 0 spiro atoms. The number of hydrogen-bond acceptors (Lipinski definition) is 4. The molecule has 1 saturated heterocycles. The molecular formula is C21H20N2O2S. The summed E-state index contributed by atoms with van der Waals surface area (Å²) in [6, 6.07) is 19.8. The van der Waals surface area contributed by atoms with E-state index in [1.807, 2.05) is 60.7 Å². The van der Waals surface area contributed by atoms with Gasteiger partial charge in [0.15, 0.2) is 0 Å². The summed E-state index contributed by atoms with van der Waals surface area (Å²) in [6.07, 6.45) is 2.19. The predicted octanol–water partition coefficient (Wildman–Crippen LogP) is 4.39. The third-order valence-electron chi connectivity index (χ3n) is 4.42. The van der Waals surface area contributed by atoms with Crippen LogP contribution in [0.5, 0.6) is 0 Å². The first-order valence-electron chi connectivity index (χ1n) is 8.83. The van der Waals surface area contributed by atoms with Gasteiger partial charge in [-0.2, -0.15) is 0 Å². The minimum atomic E-state index is -0.0842. The fourth-order valence-corrected chi connectivity index (χ4v) is 4.07. The van der Waals surface area contributed by atoms with Crippen molar-refractivity contribution in [2.45, 2.75) is 18.9 Å². The number of hydrogen-bond donors (Lipinski definition) is 1. The Bertz CT molecular complexity index is 872. The van der Waals surface area contributed by atoms with Gasteiger partial charge in [0.25, 0.3) is 5.91 Å². The quantitative estimate of drug-likeness (QED) is 0.731. The molecule has 1 amide bonds. The molecule has 0 saturated carbocycles. The van der Waals surface area contributed by atoms with Crippen molar-refractivity contribution >= 4 is 17.2 Å². The maximum absolute atomic E-state index is 12.8. The van der Waals surface area contributed by atoms with Crippen LogP contribution in [0, 0.1) is 0 Å². The van der Waals surface area contributed by atoms with Crippen molar-refractivity contribution in [2.75, 3.05) is 13.2 Å². The van der Waals surface area contributed by atoms with Crippen LogP contribution in [-0.4, -0.2) is 30.1 Å². The van der Waals surface area contributed by atoms with E-state index >= 15 is 0 Å². The molecule has 3 aromatic rings. The number of rotatable bonds is 5. The molecule has 26 heavy (non-hydrogen) atoms. The van der Waals surface area contributed by atoms with E-state index in [1.165, 1.54) is 11.3 Å². The van der Waals surface area contributed by atoms with Crippen LogP contribution >= 0.6 is 11.3 Å². The Kier molecular flexibility index (Phi) is 5.09. The molecule has 0 unspecified atom stereocenters. The molecule has 1 aromatic heterocycles. The predicted molar refractivity (Wildman–Crippen MR) is 104 cm³/mol. The van der Waals surface area contributed by atoms with E-state index in [0.29, 0.717) is 11.4 Å². The van der Waals surface area contributed by atoms with E-state index < -0.39 is 0 Å². The second-order valence-electron chi connectivity index (χ2n) is 6.27. The zero-order valence-electron chi connectivity index (χ0n) is 14.4. The lowest BCUT2D eigenvalue weighted by molar-refractivity contribution is 0.0861. The zero-order valence-corrected chi connectivity index (χ0v) is 15.2. The van der Waals surface area contributed by atoms with Crippen LogP contribution in [0.2, 0.25) is 0 Å². The summed E-state index contributed by atoms with van der Waals surface area (Å²) in [4.78, 5) is 18.3. The Labute approximate surface area is 156 Å². The summed E-state index contributed by atoms with van der Waals surface area (Å²) in [6.45, 7) is 1.33. The van der Waals surface area contributed by atoms with Gasteiger partial charge in [0, 0.05) is 24.3 Å². The van der Waals surface area contributed by atoms with Crippen molar-refractivity contribution in [2.24, 2.45) is 0 Å². The first kappa shape index (κ1) is 16.9. The number of nitrogens with zero attached hydrogens (tertiary/aromatic N) is 1. The first-order valence-corrected chi connectivity index (χ1v) is 9.64. The molecule has 1 fully saturated rings. The lowest BCUT2D eigenvalue weighted by atomic mass is 10.1. The lowest BCUT2D eigenvalue weighted by Gasteiger charge is -2.10. The second kappa shape index (κ2) is 7.81. The van der Waals surface area contributed by atoms with E-state index in [4.69, 9.17) is 9.72 Å². The maximum atomic E-state index is 12.8. The maximum Gasteiger partial charge on any atom is 0.263 e. The molecule has 1 aliphatic heterocycles. The Hall–Kier alpha value is -2.50. The van der Waals surface area contributed by atoms with Crippen LogP contribution in [0.3, 0.4) is 0 Å². The minimum Gasteiger partial charge on any atom is -0.376 e. The van der Waals surface area contributed by atoms with Crippen molar-refractivity contribution < 1.29 is 9.53 Å². The number of amides is 1. The summed E-state index contributed by atoms with van der Waals surface area (Å²) >= 11 is 1.43. The van der Waals surface area contributed by atoms with Crippen molar-refractivity contribution in [3.05, 3.63) is 65.5 Å². The monoisotopic (exact) mass is 364 g/mol. The highest BCUT2D eigenvalue weighted by Gasteiger charge is 2.22. The van der Waals surface area contributed by atoms with Crippen LogP contribution in [-0.2, 0) is 4.74 Å². The number of aromatic nitrogens is 1. The van der Waals surface area contributed by atoms with Crippen LogP contribution in [0.15, 0.2) is 60.7 Å². The largest absolute Gasteiger partial charge is 0.376 e. The highest BCUT2D eigenvalue weighted by molar-refractivity contribution is 7.17. The fraction of sp³-hybridized carbons (Fsp3) is 0.238. The smallest absolute Gasteiger partial charge is 0.263 e. The average molecular weight is 364 g/mol. The number of thiazole rings is 1. The van der Waals surface area contributed by atoms with Crippen LogP contribution < -0.4 is 5.32 Å². The topological polar surface area (TPSA) is 51.2 Å². The summed E-state index contributed by atoms with van der Waals surface area (Å²) in [5.41, 5.74) is 2.71. The van der Waals surface area contributed by atoms with Gasteiger partial charge in [-0.25, -0.2) is 4.98 Å². The molecule has 1 atom stereocenters. The molecule has 0 bridgehead atoms. The van der Waals surface area contributed by atoms with Crippen molar-refractivity contribution in [3.63, 3.8) is 0 Å². The zero-order chi connectivity index (χ0) is 17.8. The van der Waals surface area contributed by atoms with E-state index in [1.54, 1.807) is 0 Å². The Balaban J connectivity index is 1.65. The third-order valence-corrected chi connectivity index (χ3v) is 5.52.